The van der Waals surface area contributed by atoms with Gasteiger partial charge in [0.25, 0.3) is 5.91 Å². The molecule has 0 bridgehead atoms. The van der Waals surface area contributed by atoms with Crippen LogP contribution in [0.15, 0.2) is 12.1 Å². The predicted molar refractivity (Wildman–Crippen MR) is 78.2 cm³/mol. The first-order valence-electron chi connectivity index (χ1n) is 7.25. The van der Waals surface area contributed by atoms with Crippen molar-refractivity contribution >= 4 is 11.7 Å². The Balaban J connectivity index is 1.64. The van der Waals surface area contributed by atoms with Crippen LogP contribution in [0.3, 0.4) is 0 Å². The zero-order valence-electron chi connectivity index (χ0n) is 12.8. The van der Waals surface area contributed by atoms with E-state index in [0.29, 0.717) is 12.4 Å². The van der Waals surface area contributed by atoms with E-state index in [4.69, 9.17) is 4.74 Å². The van der Waals surface area contributed by atoms with Crippen molar-refractivity contribution in [1.29, 1.82) is 0 Å². The third-order valence-corrected chi connectivity index (χ3v) is 3.50. The topological polar surface area (TPSA) is 94.1 Å². The van der Waals surface area contributed by atoms with Crippen molar-refractivity contribution in [3.05, 3.63) is 35.6 Å². The molecule has 3 heterocycles. The summed E-state index contributed by atoms with van der Waals surface area (Å²) in [6.07, 6.45) is 2.71. The number of carbonyl (C=O) groups excluding carboxylic acids is 1. The highest BCUT2D eigenvalue weighted by molar-refractivity contribution is 6.02. The Labute approximate surface area is 136 Å². The molecule has 2 aromatic heterocycles. The van der Waals surface area contributed by atoms with Crippen LogP contribution in [0.4, 0.5) is 14.6 Å². The smallest absolute Gasteiger partial charge is 0.345 e. The fraction of sp³-hybridized carbons (Fsp3) is 0.429. The summed E-state index contributed by atoms with van der Waals surface area (Å²) in [6, 6.07) is 3.08. The minimum atomic E-state index is -2.89. The molecule has 1 aliphatic rings. The summed E-state index contributed by atoms with van der Waals surface area (Å²) in [4.78, 5) is 12.3. The Morgan fingerprint density at radius 2 is 2.42 bits per heavy atom. The SMILES string of the molecule is Cn1nc(COC(F)F)cc1C(=O)Nc1cc([C@H]2C[CH]CO2)[nH]n1. The number of aryl methyl sites for hydroxylation is 1. The molecule has 10 heteroatoms. The lowest BCUT2D eigenvalue weighted by molar-refractivity contribution is -0.138. The minimum absolute atomic E-state index is 0.0852. The minimum Gasteiger partial charge on any atom is -0.372 e. The van der Waals surface area contributed by atoms with Crippen molar-refractivity contribution in [2.45, 2.75) is 25.7 Å². The van der Waals surface area contributed by atoms with Gasteiger partial charge in [0.15, 0.2) is 5.82 Å². The molecule has 24 heavy (non-hydrogen) atoms. The van der Waals surface area contributed by atoms with Gasteiger partial charge in [0, 0.05) is 13.1 Å². The van der Waals surface area contributed by atoms with Crippen LogP contribution in [-0.4, -0.2) is 39.1 Å². The van der Waals surface area contributed by atoms with E-state index in [1.54, 1.807) is 13.1 Å². The van der Waals surface area contributed by atoms with Crippen LogP contribution < -0.4 is 5.32 Å². The lowest BCUT2D eigenvalue weighted by atomic mass is 10.2. The zero-order chi connectivity index (χ0) is 17.1. The summed E-state index contributed by atoms with van der Waals surface area (Å²) < 4.78 is 35.0. The standard InChI is InChI=1S/C14H16F2N5O3/c1-21-10(5-8(20-21)7-24-14(15)16)13(22)17-12-6-9(18-19-12)11-3-2-4-23-11/h2,5-6,11,14H,3-4,7H2,1H3,(H2,17,18,19,22)/t11-/m1/s1. The monoisotopic (exact) mass is 340 g/mol. The fourth-order valence-corrected chi connectivity index (χ4v) is 2.39. The lowest BCUT2D eigenvalue weighted by Crippen LogP contribution is -2.16. The molecule has 1 fully saturated rings. The number of H-pyrrole nitrogens is 1. The largest absolute Gasteiger partial charge is 0.372 e. The van der Waals surface area contributed by atoms with Gasteiger partial charge in [0.2, 0.25) is 0 Å². The first-order chi connectivity index (χ1) is 11.5. The third-order valence-electron chi connectivity index (χ3n) is 3.50. The molecular weight excluding hydrogens is 324 g/mol. The molecule has 129 valence electrons. The van der Waals surface area contributed by atoms with Crippen LogP contribution in [-0.2, 0) is 23.1 Å². The van der Waals surface area contributed by atoms with Gasteiger partial charge in [0.05, 0.1) is 30.7 Å². The van der Waals surface area contributed by atoms with Gasteiger partial charge in [-0.1, -0.05) is 0 Å². The summed E-state index contributed by atoms with van der Waals surface area (Å²) >= 11 is 0. The number of nitrogens with zero attached hydrogens (tertiary/aromatic N) is 3. The summed E-state index contributed by atoms with van der Waals surface area (Å²) in [6.45, 7) is -2.67. The predicted octanol–water partition coefficient (Wildman–Crippen LogP) is 1.80. The van der Waals surface area contributed by atoms with E-state index in [0.717, 1.165) is 12.1 Å². The van der Waals surface area contributed by atoms with Crippen LogP contribution >= 0.6 is 0 Å². The van der Waals surface area contributed by atoms with Crippen LogP contribution in [0.5, 0.6) is 0 Å². The lowest BCUT2D eigenvalue weighted by Gasteiger charge is -2.04. The maximum absolute atomic E-state index is 12.3. The molecule has 2 N–H and O–H groups in total. The highest BCUT2D eigenvalue weighted by atomic mass is 19.3. The van der Waals surface area contributed by atoms with Gasteiger partial charge in [-0.2, -0.15) is 19.0 Å². The van der Waals surface area contributed by atoms with Gasteiger partial charge in [0.1, 0.15) is 5.69 Å². The average Bonchev–Trinajstić information content (AvgIpc) is 3.24. The number of aromatic nitrogens is 4. The molecule has 3 rings (SSSR count). The Bertz CT molecular complexity index is 709. The van der Waals surface area contributed by atoms with Crippen molar-refractivity contribution in [2.75, 3.05) is 11.9 Å². The van der Waals surface area contributed by atoms with E-state index >= 15 is 0 Å². The van der Waals surface area contributed by atoms with Gasteiger partial charge in [-0.15, -0.1) is 0 Å². The highest BCUT2D eigenvalue weighted by Gasteiger charge is 2.21. The van der Waals surface area contributed by atoms with Gasteiger partial charge in [-0.05, 0) is 18.9 Å². The molecule has 1 amide bonds. The summed E-state index contributed by atoms with van der Waals surface area (Å²) in [5, 5.41) is 13.4. The molecule has 0 unspecified atom stereocenters. The Kier molecular flexibility index (Phi) is 4.86. The quantitative estimate of drug-likeness (QED) is 0.836. The Morgan fingerprint density at radius 1 is 1.58 bits per heavy atom. The van der Waals surface area contributed by atoms with E-state index < -0.39 is 12.5 Å². The number of ether oxygens (including phenoxy) is 2. The molecule has 1 atom stereocenters. The van der Waals surface area contributed by atoms with Crippen LogP contribution in [0.2, 0.25) is 0 Å². The normalized spacial score (nSPS) is 17.6. The average molecular weight is 340 g/mol. The molecule has 0 aromatic carbocycles. The van der Waals surface area contributed by atoms with E-state index in [1.165, 1.54) is 10.7 Å². The second kappa shape index (κ2) is 7.05. The molecule has 1 radical (unpaired) electrons. The number of alkyl halides is 2. The fourth-order valence-electron chi connectivity index (χ4n) is 2.39. The van der Waals surface area contributed by atoms with Gasteiger partial charge in [-0.3, -0.25) is 14.6 Å². The molecular formula is C14H16F2N5O3. The van der Waals surface area contributed by atoms with Crippen molar-refractivity contribution in [3.8, 4) is 0 Å². The summed E-state index contributed by atoms with van der Waals surface area (Å²) in [7, 11) is 1.54. The Morgan fingerprint density at radius 3 is 3.12 bits per heavy atom. The number of carbonyl (C=O) groups is 1. The van der Waals surface area contributed by atoms with Crippen LogP contribution in [0, 0.1) is 6.42 Å². The van der Waals surface area contributed by atoms with Gasteiger partial charge in [-0.25, -0.2) is 0 Å². The number of aromatic amines is 1. The molecule has 0 aliphatic carbocycles. The number of halogens is 2. The van der Waals surface area contributed by atoms with Gasteiger partial charge < -0.3 is 14.8 Å². The molecule has 0 saturated carbocycles. The van der Waals surface area contributed by atoms with Crippen LogP contribution in [0.25, 0.3) is 0 Å². The maximum Gasteiger partial charge on any atom is 0.345 e. The molecule has 1 aliphatic heterocycles. The number of nitrogens with one attached hydrogen (secondary N) is 2. The molecule has 0 spiro atoms. The van der Waals surface area contributed by atoms with Crippen molar-refractivity contribution in [1.82, 2.24) is 20.0 Å². The van der Waals surface area contributed by atoms with E-state index in [-0.39, 0.29) is 24.1 Å². The Hall–Kier alpha value is -2.33. The van der Waals surface area contributed by atoms with Crippen molar-refractivity contribution < 1.29 is 23.0 Å². The summed E-state index contributed by atoms with van der Waals surface area (Å²) in [5.41, 5.74) is 1.22. The highest BCUT2D eigenvalue weighted by Crippen LogP contribution is 2.27. The number of rotatable bonds is 6. The number of amides is 1. The first kappa shape index (κ1) is 16.5. The van der Waals surface area contributed by atoms with Gasteiger partial charge >= 0.3 is 6.61 Å². The third kappa shape index (κ3) is 3.77. The first-order valence-corrected chi connectivity index (χ1v) is 7.25. The van der Waals surface area contributed by atoms with Crippen molar-refractivity contribution in [3.63, 3.8) is 0 Å². The second-order valence-electron chi connectivity index (χ2n) is 5.23. The zero-order valence-corrected chi connectivity index (χ0v) is 12.8. The van der Waals surface area contributed by atoms with E-state index in [2.05, 4.69) is 25.3 Å². The molecule has 2 aromatic rings. The number of hydrogen-bond donors (Lipinski definition) is 2. The van der Waals surface area contributed by atoms with Crippen molar-refractivity contribution in [2.24, 2.45) is 7.05 Å². The maximum atomic E-state index is 12.3. The molecule has 1 saturated heterocycles. The number of hydrogen-bond acceptors (Lipinski definition) is 5. The second-order valence-corrected chi connectivity index (χ2v) is 5.23. The van der Waals surface area contributed by atoms with E-state index in [9.17, 15) is 13.6 Å². The summed E-state index contributed by atoms with van der Waals surface area (Å²) in [5.74, 6) is -0.109. The molecule has 8 nitrogen and oxygen atoms in total. The number of anilines is 1. The van der Waals surface area contributed by atoms with E-state index in [1.807, 2.05) is 6.42 Å². The van der Waals surface area contributed by atoms with Crippen LogP contribution in [0.1, 0.15) is 34.4 Å².